The maximum absolute atomic E-state index is 10.3. The predicted octanol–water partition coefficient (Wildman–Crippen LogP) is 2.56. The third-order valence-electron chi connectivity index (χ3n) is 3.68. The SMILES string of the molecule is Cc1csc(C2CN(CC(O)c3ccccc3)CCO2)n1. The summed E-state index contributed by atoms with van der Waals surface area (Å²) in [5.74, 6) is 0. The van der Waals surface area contributed by atoms with Crippen LogP contribution in [0.3, 0.4) is 0 Å². The molecule has 0 aliphatic carbocycles. The second-order valence-electron chi connectivity index (χ2n) is 5.37. The van der Waals surface area contributed by atoms with Gasteiger partial charge in [-0.1, -0.05) is 30.3 Å². The Morgan fingerprint density at radius 1 is 1.43 bits per heavy atom. The van der Waals surface area contributed by atoms with Crippen LogP contribution in [0.15, 0.2) is 35.7 Å². The molecule has 1 saturated heterocycles. The van der Waals surface area contributed by atoms with Crippen LogP contribution in [-0.2, 0) is 4.74 Å². The molecule has 0 amide bonds. The quantitative estimate of drug-likeness (QED) is 0.943. The molecule has 112 valence electrons. The molecule has 1 aliphatic rings. The molecular weight excluding hydrogens is 284 g/mol. The van der Waals surface area contributed by atoms with E-state index in [-0.39, 0.29) is 6.10 Å². The molecule has 5 heteroatoms. The second kappa shape index (κ2) is 6.66. The van der Waals surface area contributed by atoms with Crippen LogP contribution in [-0.4, -0.2) is 41.2 Å². The fourth-order valence-corrected chi connectivity index (χ4v) is 3.40. The first kappa shape index (κ1) is 14.7. The van der Waals surface area contributed by atoms with Gasteiger partial charge in [0.2, 0.25) is 0 Å². The number of ether oxygens (including phenoxy) is 1. The smallest absolute Gasteiger partial charge is 0.123 e. The van der Waals surface area contributed by atoms with Gasteiger partial charge in [-0.15, -0.1) is 11.3 Å². The van der Waals surface area contributed by atoms with Gasteiger partial charge in [0, 0.05) is 30.7 Å². The van der Waals surface area contributed by atoms with Crippen molar-refractivity contribution >= 4 is 11.3 Å². The van der Waals surface area contributed by atoms with Gasteiger partial charge >= 0.3 is 0 Å². The van der Waals surface area contributed by atoms with Gasteiger partial charge in [-0.2, -0.15) is 0 Å². The highest BCUT2D eigenvalue weighted by atomic mass is 32.1. The highest BCUT2D eigenvalue weighted by molar-refractivity contribution is 7.09. The van der Waals surface area contributed by atoms with Crippen LogP contribution < -0.4 is 0 Å². The summed E-state index contributed by atoms with van der Waals surface area (Å²) in [5, 5.41) is 13.4. The zero-order valence-corrected chi connectivity index (χ0v) is 12.9. The third kappa shape index (κ3) is 3.68. The molecule has 1 N–H and O–H groups in total. The topological polar surface area (TPSA) is 45.6 Å². The molecule has 21 heavy (non-hydrogen) atoms. The number of benzene rings is 1. The van der Waals surface area contributed by atoms with E-state index in [1.54, 1.807) is 11.3 Å². The number of morpholine rings is 1. The lowest BCUT2D eigenvalue weighted by Crippen LogP contribution is -2.40. The number of hydrogen-bond acceptors (Lipinski definition) is 5. The van der Waals surface area contributed by atoms with Crippen molar-refractivity contribution < 1.29 is 9.84 Å². The first-order valence-corrected chi connectivity index (χ1v) is 8.09. The summed E-state index contributed by atoms with van der Waals surface area (Å²) < 4.78 is 5.82. The van der Waals surface area contributed by atoms with E-state index >= 15 is 0 Å². The molecule has 3 rings (SSSR count). The van der Waals surface area contributed by atoms with Crippen LogP contribution >= 0.6 is 11.3 Å². The summed E-state index contributed by atoms with van der Waals surface area (Å²) in [4.78, 5) is 6.76. The molecule has 1 aromatic carbocycles. The largest absolute Gasteiger partial charge is 0.387 e. The molecular formula is C16H20N2O2S. The average molecular weight is 304 g/mol. The highest BCUT2D eigenvalue weighted by Crippen LogP contribution is 2.26. The van der Waals surface area contributed by atoms with Gasteiger partial charge in [-0.25, -0.2) is 4.98 Å². The minimum absolute atomic E-state index is 0.0282. The van der Waals surface area contributed by atoms with E-state index in [1.807, 2.05) is 37.3 Å². The van der Waals surface area contributed by atoms with Crippen LogP contribution in [0, 0.1) is 6.92 Å². The van der Waals surface area contributed by atoms with E-state index in [9.17, 15) is 5.11 Å². The molecule has 0 spiro atoms. The van der Waals surface area contributed by atoms with E-state index in [2.05, 4.69) is 15.3 Å². The van der Waals surface area contributed by atoms with Crippen molar-refractivity contribution in [2.24, 2.45) is 0 Å². The van der Waals surface area contributed by atoms with Gasteiger partial charge < -0.3 is 9.84 Å². The second-order valence-corrected chi connectivity index (χ2v) is 6.26. The van der Waals surface area contributed by atoms with Crippen molar-refractivity contribution in [2.45, 2.75) is 19.1 Å². The lowest BCUT2D eigenvalue weighted by molar-refractivity contribution is -0.0425. The zero-order valence-electron chi connectivity index (χ0n) is 12.1. The predicted molar refractivity (Wildman–Crippen MR) is 83.4 cm³/mol. The fraction of sp³-hybridized carbons (Fsp3) is 0.438. The molecule has 0 saturated carbocycles. The molecule has 0 bridgehead atoms. The van der Waals surface area contributed by atoms with Crippen LogP contribution in [0.2, 0.25) is 0 Å². The van der Waals surface area contributed by atoms with E-state index in [0.717, 1.165) is 29.4 Å². The molecule has 2 atom stereocenters. The maximum atomic E-state index is 10.3. The van der Waals surface area contributed by atoms with Crippen molar-refractivity contribution in [1.82, 2.24) is 9.88 Å². The van der Waals surface area contributed by atoms with Gasteiger partial charge in [0.25, 0.3) is 0 Å². The zero-order chi connectivity index (χ0) is 14.7. The number of aryl methyl sites for hydroxylation is 1. The Morgan fingerprint density at radius 2 is 2.24 bits per heavy atom. The Morgan fingerprint density at radius 3 is 2.95 bits per heavy atom. The number of β-amino-alcohol motifs (C(OH)–C–C–N with tert-alkyl or cyclic N) is 1. The summed E-state index contributed by atoms with van der Waals surface area (Å²) in [5.41, 5.74) is 2.01. The number of rotatable bonds is 4. The van der Waals surface area contributed by atoms with E-state index in [0.29, 0.717) is 13.2 Å². The number of aliphatic hydroxyl groups excluding tert-OH is 1. The molecule has 4 nitrogen and oxygen atoms in total. The fourth-order valence-electron chi connectivity index (χ4n) is 2.56. The van der Waals surface area contributed by atoms with Crippen LogP contribution in [0.1, 0.15) is 28.5 Å². The first-order chi connectivity index (χ1) is 10.2. The third-order valence-corrected chi connectivity index (χ3v) is 4.73. The Labute approximate surface area is 129 Å². The van der Waals surface area contributed by atoms with Gasteiger partial charge in [0.15, 0.2) is 0 Å². The highest BCUT2D eigenvalue weighted by Gasteiger charge is 2.25. The average Bonchev–Trinajstić information content (AvgIpc) is 2.95. The molecule has 0 radical (unpaired) electrons. The van der Waals surface area contributed by atoms with Gasteiger partial charge in [-0.3, -0.25) is 4.90 Å². The maximum Gasteiger partial charge on any atom is 0.123 e. The van der Waals surface area contributed by atoms with E-state index in [4.69, 9.17) is 4.74 Å². The van der Waals surface area contributed by atoms with Gasteiger partial charge in [-0.05, 0) is 12.5 Å². The number of hydrogen-bond donors (Lipinski definition) is 1. The van der Waals surface area contributed by atoms with Gasteiger partial charge in [0.1, 0.15) is 11.1 Å². The standard InChI is InChI=1S/C16H20N2O2S/c1-12-11-21-16(17-12)15-10-18(7-8-20-15)9-14(19)13-5-3-2-4-6-13/h2-6,11,14-15,19H,7-10H2,1H3. The molecule has 2 unspecified atom stereocenters. The molecule has 2 heterocycles. The normalized spacial score (nSPS) is 21.3. The van der Waals surface area contributed by atoms with Crippen molar-refractivity contribution in [3.05, 3.63) is 52.0 Å². The first-order valence-electron chi connectivity index (χ1n) is 7.21. The summed E-state index contributed by atoms with van der Waals surface area (Å²) in [7, 11) is 0. The minimum atomic E-state index is -0.456. The summed E-state index contributed by atoms with van der Waals surface area (Å²) >= 11 is 1.65. The Hall–Kier alpha value is -1.27. The molecule has 1 aromatic heterocycles. The van der Waals surface area contributed by atoms with Crippen molar-refractivity contribution in [2.75, 3.05) is 26.2 Å². The lowest BCUT2D eigenvalue weighted by atomic mass is 10.1. The van der Waals surface area contributed by atoms with Crippen LogP contribution in [0.25, 0.3) is 0 Å². The molecule has 2 aromatic rings. The molecule has 1 fully saturated rings. The van der Waals surface area contributed by atoms with Crippen LogP contribution in [0.4, 0.5) is 0 Å². The van der Waals surface area contributed by atoms with Gasteiger partial charge in [0.05, 0.1) is 12.7 Å². The van der Waals surface area contributed by atoms with Crippen LogP contribution in [0.5, 0.6) is 0 Å². The minimum Gasteiger partial charge on any atom is -0.387 e. The monoisotopic (exact) mass is 304 g/mol. The summed E-state index contributed by atoms with van der Waals surface area (Å²) in [6.45, 7) is 4.96. The Kier molecular flexibility index (Phi) is 4.65. The number of thiazole rings is 1. The number of aromatic nitrogens is 1. The summed E-state index contributed by atoms with van der Waals surface area (Å²) in [6, 6.07) is 9.81. The Bertz CT molecular complexity index is 573. The number of nitrogens with zero attached hydrogens (tertiary/aromatic N) is 2. The summed E-state index contributed by atoms with van der Waals surface area (Å²) in [6.07, 6.45) is -0.427. The van der Waals surface area contributed by atoms with Crippen molar-refractivity contribution in [1.29, 1.82) is 0 Å². The molecule has 1 aliphatic heterocycles. The van der Waals surface area contributed by atoms with Crippen molar-refractivity contribution in [3.63, 3.8) is 0 Å². The van der Waals surface area contributed by atoms with Crippen molar-refractivity contribution in [3.8, 4) is 0 Å². The number of aliphatic hydroxyl groups is 1. The lowest BCUT2D eigenvalue weighted by Gasteiger charge is -2.33. The van der Waals surface area contributed by atoms with E-state index in [1.165, 1.54) is 0 Å². The van der Waals surface area contributed by atoms with E-state index < -0.39 is 6.10 Å². The Balaban J connectivity index is 1.61.